The zero-order chi connectivity index (χ0) is 22.8. The van der Waals surface area contributed by atoms with Gasteiger partial charge in [-0.1, -0.05) is 30.0 Å². The molecule has 8 heteroatoms. The highest BCUT2D eigenvalue weighted by Gasteiger charge is 2.21. The summed E-state index contributed by atoms with van der Waals surface area (Å²) in [6.07, 6.45) is 4.27. The number of thioether (sulfide) groups is 1. The van der Waals surface area contributed by atoms with Crippen molar-refractivity contribution in [1.82, 2.24) is 9.55 Å². The van der Waals surface area contributed by atoms with Crippen LogP contribution < -0.4 is 15.6 Å². The van der Waals surface area contributed by atoms with E-state index in [-0.39, 0.29) is 17.2 Å². The summed E-state index contributed by atoms with van der Waals surface area (Å²) in [5.74, 6) is 1.46. The number of ether oxygens (including phenoxy) is 1. The average molecular weight is 478 g/mol. The number of carbonyl (C=O) groups is 1. The minimum absolute atomic E-state index is 0.0173. The maximum absolute atomic E-state index is 13.0. The summed E-state index contributed by atoms with van der Waals surface area (Å²) in [6.45, 7) is 0. The summed E-state index contributed by atoms with van der Waals surface area (Å²) in [5.41, 5.74) is 1.85. The maximum atomic E-state index is 13.0. The number of rotatable bonds is 6. The van der Waals surface area contributed by atoms with Crippen LogP contribution in [0.4, 0.5) is 5.69 Å². The summed E-state index contributed by atoms with van der Waals surface area (Å²) < 4.78 is 7.34. The van der Waals surface area contributed by atoms with Gasteiger partial charge in [-0.05, 0) is 67.6 Å². The van der Waals surface area contributed by atoms with Gasteiger partial charge < -0.3 is 10.1 Å². The topological polar surface area (TPSA) is 73.2 Å². The summed E-state index contributed by atoms with van der Waals surface area (Å²) >= 11 is 2.90. The van der Waals surface area contributed by atoms with Gasteiger partial charge in [-0.15, -0.1) is 11.3 Å². The van der Waals surface area contributed by atoms with Gasteiger partial charge in [0.15, 0.2) is 5.16 Å². The van der Waals surface area contributed by atoms with Gasteiger partial charge in [0.2, 0.25) is 5.91 Å². The van der Waals surface area contributed by atoms with E-state index in [2.05, 4.69) is 5.32 Å². The fourth-order valence-electron chi connectivity index (χ4n) is 3.95. The second-order valence-corrected chi connectivity index (χ2v) is 9.95. The standard InChI is InChI=1S/C25H23N3O3S2/c1-28-24(30)22-19-9-5-6-10-20(19)33-23(22)27-25(28)32-15-21(29)26-16-11-13-18(14-12-16)31-17-7-3-2-4-8-17/h2-4,7-8,11-14H,5-6,9-10,15H2,1H3,(H,26,29). The maximum Gasteiger partial charge on any atom is 0.262 e. The van der Waals surface area contributed by atoms with Gasteiger partial charge in [-0.25, -0.2) is 4.98 Å². The Morgan fingerprint density at radius 1 is 1.09 bits per heavy atom. The molecule has 1 N–H and O–H groups in total. The molecule has 33 heavy (non-hydrogen) atoms. The molecular formula is C25H23N3O3S2. The number of benzene rings is 2. The number of hydrogen-bond donors (Lipinski definition) is 1. The Hall–Kier alpha value is -3.10. The lowest BCUT2D eigenvalue weighted by Gasteiger charge is -2.11. The lowest BCUT2D eigenvalue weighted by Crippen LogP contribution is -2.21. The number of hydrogen-bond acceptors (Lipinski definition) is 6. The molecule has 2 aromatic carbocycles. The van der Waals surface area contributed by atoms with Gasteiger partial charge in [-0.3, -0.25) is 14.2 Å². The Morgan fingerprint density at radius 3 is 2.61 bits per heavy atom. The first-order chi connectivity index (χ1) is 16.1. The Labute approximate surface area is 199 Å². The lowest BCUT2D eigenvalue weighted by atomic mass is 9.97. The predicted molar refractivity (Wildman–Crippen MR) is 134 cm³/mol. The van der Waals surface area contributed by atoms with Gasteiger partial charge >= 0.3 is 0 Å². The zero-order valence-corrected chi connectivity index (χ0v) is 19.8. The Balaban J connectivity index is 1.24. The number of fused-ring (bicyclic) bond motifs is 3. The molecule has 0 radical (unpaired) electrons. The van der Waals surface area contributed by atoms with Crippen LogP contribution in [0.5, 0.6) is 11.5 Å². The molecule has 2 aromatic heterocycles. The van der Waals surface area contributed by atoms with Crippen molar-refractivity contribution in [3.8, 4) is 11.5 Å². The van der Waals surface area contributed by atoms with Gasteiger partial charge in [0.1, 0.15) is 16.3 Å². The van der Waals surface area contributed by atoms with E-state index in [1.54, 1.807) is 35.1 Å². The highest BCUT2D eigenvalue weighted by Crippen LogP contribution is 2.34. The molecule has 0 unspecified atom stereocenters. The van der Waals surface area contributed by atoms with Crippen LogP contribution in [-0.2, 0) is 24.7 Å². The summed E-state index contributed by atoms with van der Waals surface area (Å²) in [7, 11) is 1.73. The number of amides is 1. The second-order valence-electron chi connectivity index (χ2n) is 7.93. The Bertz CT molecular complexity index is 1360. The van der Waals surface area contributed by atoms with Crippen LogP contribution in [0.25, 0.3) is 10.2 Å². The monoisotopic (exact) mass is 477 g/mol. The number of aromatic nitrogens is 2. The predicted octanol–water partition coefficient (Wildman–Crippen LogP) is 5.40. The first-order valence-corrected chi connectivity index (χ1v) is 12.7. The molecule has 1 aliphatic rings. The SMILES string of the molecule is Cn1c(SCC(=O)Nc2ccc(Oc3ccccc3)cc2)nc2sc3c(c2c1=O)CCCC3. The van der Waals surface area contributed by atoms with Crippen LogP contribution in [0, 0.1) is 0 Å². The molecule has 5 rings (SSSR count). The van der Waals surface area contributed by atoms with Crippen LogP contribution in [0.15, 0.2) is 64.5 Å². The van der Waals surface area contributed by atoms with E-state index in [9.17, 15) is 9.59 Å². The van der Waals surface area contributed by atoms with Crippen molar-refractivity contribution >= 4 is 44.9 Å². The van der Waals surface area contributed by atoms with E-state index in [1.807, 2.05) is 42.5 Å². The van der Waals surface area contributed by atoms with Crippen LogP contribution in [0.2, 0.25) is 0 Å². The lowest BCUT2D eigenvalue weighted by molar-refractivity contribution is -0.113. The number of carbonyl (C=O) groups excluding carboxylic acids is 1. The molecule has 0 saturated carbocycles. The average Bonchev–Trinajstić information content (AvgIpc) is 3.21. The van der Waals surface area contributed by atoms with E-state index >= 15 is 0 Å². The molecular weight excluding hydrogens is 454 g/mol. The van der Waals surface area contributed by atoms with Crippen molar-refractivity contribution in [1.29, 1.82) is 0 Å². The smallest absolute Gasteiger partial charge is 0.262 e. The number of nitrogens with one attached hydrogen (secondary N) is 1. The molecule has 1 amide bonds. The van der Waals surface area contributed by atoms with Crippen molar-refractivity contribution in [2.45, 2.75) is 30.8 Å². The third-order valence-corrected chi connectivity index (χ3v) is 7.82. The first kappa shape index (κ1) is 21.7. The van der Waals surface area contributed by atoms with Crippen LogP contribution in [0.3, 0.4) is 0 Å². The van der Waals surface area contributed by atoms with E-state index in [4.69, 9.17) is 9.72 Å². The van der Waals surface area contributed by atoms with Crippen LogP contribution >= 0.6 is 23.1 Å². The molecule has 168 valence electrons. The quantitative estimate of drug-likeness (QED) is 0.297. The van der Waals surface area contributed by atoms with Crippen molar-refractivity contribution in [3.05, 3.63) is 75.4 Å². The van der Waals surface area contributed by atoms with Gasteiger partial charge in [0, 0.05) is 17.6 Å². The number of para-hydroxylation sites is 1. The second kappa shape index (κ2) is 9.41. The molecule has 0 bridgehead atoms. The molecule has 4 aromatic rings. The number of thiophene rings is 1. The molecule has 1 aliphatic carbocycles. The molecule has 2 heterocycles. The highest BCUT2D eigenvalue weighted by molar-refractivity contribution is 7.99. The van der Waals surface area contributed by atoms with Gasteiger partial charge in [0.25, 0.3) is 5.56 Å². The molecule has 0 atom stereocenters. The molecule has 0 fully saturated rings. The molecule has 0 aliphatic heterocycles. The minimum Gasteiger partial charge on any atom is -0.457 e. The van der Waals surface area contributed by atoms with E-state index in [0.717, 1.165) is 35.2 Å². The largest absolute Gasteiger partial charge is 0.457 e. The third-order valence-electron chi connectivity index (χ3n) is 5.60. The Kier molecular flexibility index (Phi) is 6.20. The van der Waals surface area contributed by atoms with Crippen molar-refractivity contribution in [2.75, 3.05) is 11.1 Å². The normalized spacial score (nSPS) is 13.0. The highest BCUT2D eigenvalue weighted by atomic mass is 32.2. The minimum atomic E-state index is -0.156. The molecule has 0 spiro atoms. The third kappa shape index (κ3) is 4.67. The zero-order valence-electron chi connectivity index (χ0n) is 18.2. The summed E-state index contributed by atoms with van der Waals surface area (Å²) in [6, 6.07) is 16.8. The fourth-order valence-corrected chi connectivity index (χ4v) is 6.03. The molecule has 0 saturated heterocycles. The summed E-state index contributed by atoms with van der Waals surface area (Å²) in [5, 5.41) is 4.22. The van der Waals surface area contributed by atoms with Crippen molar-refractivity contribution < 1.29 is 9.53 Å². The van der Waals surface area contributed by atoms with Crippen molar-refractivity contribution in [2.24, 2.45) is 7.05 Å². The van der Waals surface area contributed by atoms with Gasteiger partial charge in [-0.2, -0.15) is 0 Å². The molecule has 6 nitrogen and oxygen atoms in total. The fraction of sp³-hybridized carbons (Fsp3) is 0.240. The van der Waals surface area contributed by atoms with E-state index in [0.29, 0.717) is 16.6 Å². The first-order valence-electron chi connectivity index (χ1n) is 10.9. The van der Waals surface area contributed by atoms with Crippen LogP contribution in [-0.4, -0.2) is 21.2 Å². The van der Waals surface area contributed by atoms with Crippen LogP contribution in [0.1, 0.15) is 23.3 Å². The van der Waals surface area contributed by atoms with Crippen molar-refractivity contribution in [3.63, 3.8) is 0 Å². The number of aryl methyl sites for hydroxylation is 2. The van der Waals surface area contributed by atoms with Gasteiger partial charge in [0.05, 0.1) is 11.1 Å². The van der Waals surface area contributed by atoms with E-state index < -0.39 is 0 Å². The van der Waals surface area contributed by atoms with E-state index in [1.165, 1.54) is 28.6 Å². The summed E-state index contributed by atoms with van der Waals surface area (Å²) in [4.78, 5) is 32.3. The number of anilines is 1. The Morgan fingerprint density at radius 2 is 1.82 bits per heavy atom. The number of nitrogens with zero attached hydrogens (tertiary/aromatic N) is 2.